The summed E-state index contributed by atoms with van der Waals surface area (Å²) in [7, 11) is 1.22. The van der Waals surface area contributed by atoms with E-state index in [1.165, 1.54) is 43.5 Å². The number of rotatable bonds is 9. The summed E-state index contributed by atoms with van der Waals surface area (Å²) >= 11 is 2.11. The fourth-order valence-corrected chi connectivity index (χ4v) is 6.58. The SMILES string of the molecule is COC(=O)c1csc([C@@H](NC(=O)c2csc([C@@H](NC(=O)[C@@H]3[C@@H](C)OC(C)(C)N3C(=O)OC(C)(C)C)[C@@H](C)O)n2)C(C)(C)O)n1. The highest BCUT2D eigenvalue weighted by Gasteiger charge is 2.53. The van der Waals surface area contributed by atoms with Crippen LogP contribution in [0.25, 0.3) is 0 Å². The molecule has 0 bridgehead atoms. The number of aromatic nitrogens is 2. The summed E-state index contributed by atoms with van der Waals surface area (Å²) in [6.07, 6.45) is -2.55. The molecule has 0 radical (unpaired) electrons. The average Bonchev–Trinajstić information content (AvgIpc) is 3.60. The van der Waals surface area contributed by atoms with Crippen molar-refractivity contribution < 1.29 is 43.6 Å². The van der Waals surface area contributed by atoms with Crippen LogP contribution in [0.3, 0.4) is 0 Å². The first-order chi connectivity index (χ1) is 20.2. The summed E-state index contributed by atoms with van der Waals surface area (Å²) in [4.78, 5) is 61.6. The van der Waals surface area contributed by atoms with E-state index in [9.17, 15) is 29.4 Å². The van der Waals surface area contributed by atoms with Crippen molar-refractivity contribution in [1.29, 1.82) is 0 Å². The zero-order valence-corrected chi connectivity index (χ0v) is 28.1. The maximum atomic E-state index is 13.6. The van der Waals surface area contributed by atoms with Crippen LogP contribution in [0.5, 0.6) is 0 Å². The maximum absolute atomic E-state index is 13.6. The number of hydrogen-bond donors (Lipinski definition) is 4. The molecule has 0 saturated carbocycles. The molecule has 0 spiro atoms. The Morgan fingerprint density at radius 2 is 1.61 bits per heavy atom. The first-order valence-corrected chi connectivity index (χ1v) is 15.6. The number of aliphatic hydroxyl groups excluding tert-OH is 1. The van der Waals surface area contributed by atoms with E-state index in [-0.39, 0.29) is 21.4 Å². The minimum atomic E-state index is -1.47. The van der Waals surface area contributed by atoms with Crippen LogP contribution >= 0.6 is 22.7 Å². The summed E-state index contributed by atoms with van der Waals surface area (Å²) < 4.78 is 16.1. The number of amides is 3. The van der Waals surface area contributed by atoms with Crippen LogP contribution in [0.1, 0.15) is 105 Å². The van der Waals surface area contributed by atoms with Gasteiger partial charge in [-0.1, -0.05) is 0 Å². The number of methoxy groups -OCH3 is 1. The number of ether oxygens (including phenoxy) is 3. The average molecular weight is 656 g/mol. The Balaban J connectivity index is 1.82. The maximum Gasteiger partial charge on any atom is 0.413 e. The first-order valence-electron chi connectivity index (χ1n) is 13.9. The van der Waals surface area contributed by atoms with Gasteiger partial charge in [0.2, 0.25) is 5.91 Å². The Morgan fingerprint density at radius 3 is 2.16 bits per heavy atom. The molecule has 3 heterocycles. The van der Waals surface area contributed by atoms with Gasteiger partial charge >= 0.3 is 12.1 Å². The number of hydrogen-bond acceptors (Lipinski definition) is 13. The van der Waals surface area contributed by atoms with Gasteiger partial charge in [-0.25, -0.2) is 19.6 Å². The molecule has 1 aliphatic heterocycles. The smallest absolute Gasteiger partial charge is 0.413 e. The third-order valence-corrected chi connectivity index (χ3v) is 8.42. The van der Waals surface area contributed by atoms with Crippen molar-refractivity contribution in [3.8, 4) is 0 Å². The zero-order chi connectivity index (χ0) is 33.4. The molecule has 0 aromatic carbocycles. The predicted octanol–water partition coefficient (Wildman–Crippen LogP) is 2.93. The fourth-order valence-electron chi connectivity index (χ4n) is 4.62. The number of nitrogens with zero attached hydrogens (tertiary/aromatic N) is 3. The molecular formula is C28H41N5O9S2. The molecular weight excluding hydrogens is 614 g/mol. The molecule has 16 heteroatoms. The topological polar surface area (TPSA) is 190 Å². The number of esters is 1. The Hall–Kier alpha value is -3.18. The zero-order valence-electron chi connectivity index (χ0n) is 26.5. The van der Waals surface area contributed by atoms with Gasteiger partial charge in [0.1, 0.15) is 45.2 Å². The van der Waals surface area contributed by atoms with Gasteiger partial charge in [0.15, 0.2) is 5.69 Å². The highest BCUT2D eigenvalue weighted by molar-refractivity contribution is 7.10. The second-order valence-electron chi connectivity index (χ2n) is 12.5. The fraction of sp³-hybridized carbons (Fsp3) is 0.643. The van der Waals surface area contributed by atoms with Gasteiger partial charge in [0.05, 0.1) is 24.9 Å². The lowest BCUT2D eigenvalue weighted by Gasteiger charge is -2.35. The summed E-state index contributed by atoms with van der Waals surface area (Å²) in [6.45, 7) is 14.5. The standard InChI is InChI=1S/C28H41N5O9S2/c1-13(34)17(31-21(36)18-14(2)41-28(8,9)33(18)25(38)42-26(3,4)5)22-29-15(11-43-22)20(35)32-19(27(6,7)39)23-30-16(12-44-23)24(37)40-10/h11-14,17-19,34,39H,1-10H3,(H,31,36)(H,32,35)/t13-,14-,17+,18+,19-/m1/s1. The molecule has 14 nitrogen and oxygen atoms in total. The summed E-state index contributed by atoms with van der Waals surface area (Å²) in [5.41, 5.74) is -3.42. The van der Waals surface area contributed by atoms with Gasteiger partial charge in [-0.15, -0.1) is 22.7 Å². The normalized spacial score (nSPS) is 20.4. The van der Waals surface area contributed by atoms with Gasteiger partial charge in [-0.05, 0) is 62.3 Å². The van der Waals surface area contributed by atoms with Crippen LogP contribution in [0.15, 0.2) is 10.8 Å². The summed E-state index contributed by atoms with van der Waals surface area (Å²) in [6, 6.07) is -3.11. The van der Waals surface area contributed by atoms with Crippen LogP contribution < -0.4 is 10.6 Å². The van der Waals surface area contributed by atoms with E-state index in [4.69, 9.17) is 9.47 Å². The number of carbonyl (C=O) groups excluding carboxylic acids is 4. The highest BCUT2D eigenvalue weighted by Crippen LogP contribution is 2.35. The number of carbonyl (C=O) groups is 4. The van der Waals surface area contributed by atoms with Crippen LogP contribution in [0.4, 0.5) is 4.79 Å². The minimum absolute atomic E-state index is 0.0296. The Morgan fingerprint density at radius 1 is 1.05 bits per heavy atom. The van der Waals surface area contributed by atoms with E-state index >= 15 is 0 Å². The van der Waals surface area contributed by atoms with Crippen molar-refractivity contribution >= 4 is 46.6 Å². The van der Waals surface area contributed by atoms with Crippen LogP contribution in [-0.2, 0) is 19.0 Å². The quantitative estimate of drug-likeness (QED) is 0.291. The Labute approximate surface area is 264 Å². The van der Waals surface area contributed by atoms with Crippen molar-refractivity contribution in [2.75, 3.05) is 7.11 Å². The molecule has 2 aromatic rings. The minimum Gasteiger partial charge on any atom is -0.464 e. The highest BCUT2D eigenvalue weighted by atomic mass is 32.1. The van der Waals surface area contributed by atoms with Crippen molar-refractivity contribution in [2.24, 2.45) is 0 Å². The molecule has 0 aliphatic carbocycles. The summed E-state index contributed by atoms with van der Waals surface area (Å²) in [5, 5.41) is 30.3. The largest absolute Gasteiger partial charge is 0.464 e. The molecule has 0 unspecified atom stereocenters. The molecule has 1 aliphatic rings. The lowest BCUT2D eigenvalue weighted by atomic mass is 9.99. The summed E-state index contributed by atoms with van der Waals surface area (Å²) in [5.74, 6) is -1.91. The van der Waals surface area contributed by atoms with Crippen LogP contribution in [0.2, 0.25) is 0 Å². The predicted molar refractivity (Wildman–Crippen MR) is 161 cm³/mol. The number of aliphatic hydroxyl groups is 2. The third-order valence-electron chi connectivity index (χ3n) is 6.58. The first kappa shape index (κ1) is 35.3. The van der Waals surface area contributed by atoms with Crippen LogP contribution in [0, 0.1) is 0 Å². The van der Waals surface area contributed by atoms with Gasteiger partial charge < -0.3 is 35.1 Å². The number of nitrogens with one attached hydrogen (secondary N) is 2. The van der Waals surface area contributed by atoms with Crippen molar-refractivity contribution in [1.82, 2.24) is 25.5 Å². The second kappa shape index (κ2) is 13.0. The van der Waals surface area contributed by atoms with E-state index in [2.05, 4.69) is 25.3 Å². The van der Waals surface area contributed by atoms with Crippen LogP contribution in [-0.4, -0.2) is 91.2 Å². The molecule has 3 rings (SSSR count). The van der Waals surface area contributed by atoms with E-state index < -0.39 is 71.1 Å². The Kier molecular flexibility index (Phi) is 10.5. The molecule has 5 atom stereocenters. The van der Waals surface area contributed by atoms with E-state index in [0.717, 1.165) is 22.7 Å². The molecule has 244 valence electrons. The van der Waals surface area contributed by atoms with E-state index in [1.54, 1.807) is 41.5 Å². The Bertz CT molecular complexity index is 1380. The number of thiazole rings is 2. The van der Waals surface area contributed by atoms with Crippen molar-refractivity contribution in [2.45, 2.75) is 110 Å². The lowest BCUT2D eigenvalue weighted by molar-refractivity contribution is -0.128. The lowest BCUT2D eigenvalue weighted by Crippen LogP contribution is -2.56. The monoisotopic (exact) mass is 655 g/mol. The molecule has 1 fully saturated rings. The van der Waals surface area contributed by atoms with Crippen molar-refractivity contribution in [3.63, 3.8) is 0 Å². The molecule has 44 heavy (non-hydrogen) atoms. The van der Waals surface area contributed by atoms with Gasteiger partial charge in [0, 0.05) is 10.8 Å². The van der Waals surface area contributed by atoms with E-state index in [0.29, 0.717) is 0 Å². The molecule has 2 aromatic heterocycles. The van der Waals surface area contributed by atoms with Gasteiger partial charge in [-0.2, -0.15) is 0 Å². The molecule has 1 saturated heterocycles. The van der Waals surface area contributed by atoms with E-state index in [1.807, 2.05) is 0 Å². The van der Waals surface area contributed by atoms with Gasteiger partial charge in [0.25, 0.3) is 5.91 Å². The molecule has 3 amide bonds. The molecule has 4 N–H and O–H groups in total. The second-order valence-corrected chi connectivity index (χ2v) is 14.3. The van der Waals surface area contributed by atoms with Gasteiger partial charge in [-0.3, -0.25) is 14.5 Å². The van der Waals surface area contributed by atoms with Crippen molar-refractivity contribution in [3.05, 3.63) is 32.2 Å². The third kappa shape index (κ3) is 8.10.